The zero-order valence-corrected chi connectivity index (χ0v) is 15.4. The molecule has 0 spiro atoms. The average molecular weight is 441 g/mol. The number of esters is 1. The molecule has 12 heteroatoms. The van der Waals surface area contributed by atoms with Gasteiger partial charge in [-0.15, -0.1) is 0 Å². The standard InChI is InChI=1S/C18H17F6NO5/c1-2-30-15(27)5-3-4-13(16(28)29)25-14(26)8-10-6-11(17(19,20)21)9-12(7-10)18(22,23)24/h3,5-7,9,13H,2,4,8H2,1H3,(H,25,26)(H,28,29)/b5-3+/t13-/m0/s1. The molecule has 0 radical (unpaired) electrons. The van der Waals surface area contributed by atoms with Crippen LogP contribution in [0.15, 0.2) is 30.4 Å². The Kier molecular flexibility index (Phi) is 8.43. The Morgan fingerprint density at radius 3 is 2.03 bits per heavy atom. The van der Waals surface area contributed by atoms with Crippen molar-refractivity contribution in [1.29, 1.82) is 0 Å². The zero-order valence-electron chi connectivity index (χ0n) is 15.4. The van der Waals surface area contributed by atoms with Crippen LogP contribution in [0.1, 0.15) is 30.0 Å². The number of carboxylic acids is 1. The molecule has 0 aliphatic heterocycles. The molecule has 0 saturated carbocycles. The van der Waals surface area contributed by atoms with E-state index < -0.39 is 59.4 Å². The third-order valence-electron chi connectivity index (χ3n) is 3.56. The van der Waals surface area contributed by atoms with Gasteiger partial charge in [0, 0.05) is 6.08 Å². The Hall–Kier alpha value is -3.05. The average Bonchev–Trinajstić information content (AvgIpc) is 2.59. The minimum Gasteiger partial charge on any atom is -0.480 e. The van der Waals surface area contributed by atoms with Gasteiger partial charge in [0.25, 0.3) is 0 Å². The van der Waals surface area contributed by atoms with Gasteiger partial charge in [0.2, 0.25) is 5.91 Å². The van der Waals surface area contributed by atoms with Gasteiger partial charge >= 0.3 is 24.3 Å². The summed E-state index contributed by atoms with van der Waals surface area (Å²) in [6.07, 6.45) is -9.41. The third kappa shape index (κ3) is 8.13. The van der Waals surface area contributed by atoms with Crippen LogP contribution in [0.3, 0.4) is 0 Å². The van der Waals surface area contributed by atoms with Crippen LogP contribution in [0.5, 0.6) is 0 Å². The van der Waals surface area contributed by atoms with Crippen molar-refractivity contribution in [2.24, 2.45) is 0 Å². The van der Waals surface area contributed by atoms with Gasteiger partial charge in [-0.1, -0.05) is 6.08 Å². The van der Waals surface area contributed by atoms with Crippen molar-refractivity contribution < 1.29 is 50.6 Å². The highest BCUT2D eigenvalue weighted by atomic mass is 19.4. The van der Waals surface area contributed by atoms with E-state index in [1.165, 1.54) is 0 Å². The van der Waals surface area contributed by atoms with E-state index in [1.54, 1.807) is 6.92 Å². The molecule has 0 aromatic heterocycles. The van der Waals surface area contributed by atoms with E-state index in [0.29, 0.717) is 12.1 Å². The summed E-state index contributed by atoms with van der Waals surface area (Å²) in [7, 11) is 0. The van der Waals surface area contributed by atoms with Crippen molar-refractivity contribution in [3.63, 3.8) is 0 Å². The number of benzene rings is 1. The molecule has 1 aromatic carbocycles. The number of carbonyl (C=O) groups is 3. The van der Waals surface area contributed by atoms with E-state index in [0.717, 1.165) is 12.2 Å². The van der Waals surface area contributed by atoms with Crippen molar-refractivity contribution in [3.8, 4) is 0 Å². The van der Waals surface area contributed by atoms with Gasteiger partial charge in [0.1, 0.15) is 6.04 Å². The Morgan fingerprint density at radius 1 is 1.07 bits per heavy atom. The second-order valence-electron chi connectivity index (χ2n) is 5.94. The molecule has 0 saturated heterocycles. The Bertz CT molecular complexity index is 784. The van der Waals surface area contributed by atoms with E-state index in [-0.39, 0.29) is 19.1 Å². The predicted octanol–water partition coefficient (Wildman–Crippen LogP) is 3.35. The number of halogens is 6. The summed E-state index contributed by atoms with van der Waals surface area (Å²) in [5.41, 5.74) is -3.78. The number of nitrogens with one attached hydrogen (secondary N) is 1. The minimum absolute atomic E-state index is 0.0817. The first-order chi connectivity index (χ1) is 13.7. The molecule has 1 aromatic rings. The van der Waals surface area contributed by atoms with Gasteiger partial charge < -0.3 is 15.2 Å². The maximum Gasteiger partial charge on any atom is 0.416 e. The molecule has 0 aliphatic rings. The van der Waals surface area contributed by atoms with Crippen LogP contribution in [-0.4, -0.2) is 35.6 Å². The molecule has 0 aliphatic carbocycles. The van der Waals surface area contributed by atoms with Crippen molar-refractivity contribution in [2.75, 3.05) is 6.61 Å². The van der Waals surface area contributed by atoms with Gasteiger partial charge in [-0.2, -0.15) is 26.3 Å². The number of aliphatic carboxylic acids is 1. The highest BCUT2D eigenvalue weighted by Gasteiger charge is 2.37. The Balaban J connectivity index is 2.96. The van der Waals surface area contributed by atoms with Crippen LogP contribution in [-0.2, 0) is 37.9 Å². The molecule has 0 heterocycles. The van der Waals surface area contributed by atoms with Gasteiger partial charge in [-0.05, 0) is 37.1 Å². The van der Waals surface area contributed by atoms with Gasteiger partial charge in [0.15, 0.2) is 0 Å². The minimum atomic E-state index is -5.08. The highest BCUT2D eigenvalue weighted by Crippen LogP contribution is 2.36. The summed E-state index contributed by atoms with van der Waals surface area (Å²) in [5, 5.41) is 11.1. The number of alkyl halides is 6. The van der Waals surface area contributed by atoms with Gasteiger partial charge in [-0.25, -0.2) is 9.59 Å². The van der Waals surface area contributed by atoms with Crippen molar-refractivity contribution in [3.05, 3.63) is 47.0 Å². The SMILES string of the molecule is CCOC(=O)/C=C/C[C@H](NC(=O)Cc1cc(C(F)(F)F)cc(C(F)(F)F)c1)C(=O)O. The van der Waals surface area contributed by atoms with Gasteiger partial charge in [0.05, 0.1) is 24.2 Å². The zero-order chi connectivity index (χ0) is 23.1. The fourth-order valence-electron chi connectivity index (χ4n) is 2.26. The van der Waals surface area contributed by atoms with Crippen molar-refractivity contribution in [2.45, 2.75) is 38.2 Å². The third-order valence-corrected chi connectivity index (χ3v) is 3.56. The Morgan fingerprint density at radius 2 is 1.60 bits per heavy atom. The number of hydrogen-bond donors (Lipinski definition) is 2. The summed E-state index contributed by atoms with van der Waals surface area (Å²) >= 11 is 0. The fraction of sp³-hybridized carbons (Fsp3) is 0.389. The van der Waals surface area contributed by atoms with E-state index >= 15 is 0 Å². The molecule has 0 unspecified atom stereocenters. The largest absolute Gasteiger partial charge is 0.480 e. The van der Waals surface area contributed by atoms with Crippen molar-refractivity contribution >= 4 is 17.8 Å². The topological polar surface area (TPSA) is 92.7 Å². The van der Waals surface area contributed by atoms with Crippen molar-refractivity contribution in [1.82, 2.24) is 5.32 Å². The van der Waals surface area contributed by atoms with Gasteiger partial charge in [-0.3, -0.25) is 4.79 Å². The number of hydrogen-bond acceptors (Lipinski definition) is 4. The molecule has 0 fully saturated rings. The molecule has 0 bridgehead atoms. The number of amides is 1. The van der Waals surface area contributed by atoms with Crippen LogP contribution in [0, 0.1) is 0 Å². The van der Waals surface area contributed by atoms with Crippen LogP contribution in [0.4, 0.5) is 26.3 Å². The number of rotatable bonds is 8. The first-order valence-electron chi connectivity index (χ1n) is 8.37. The lowest BCUT2D eigenvalue weighted by Gasteiger charge is -2.15. The first kappa shape index (κ1) is 25.0. The second-order valence-corrected chi connectivity index (χ2v) is 5.94. The lowest BCUT2D eigenvalue weighted by Crippen LogP contribution is -2.41. The maximum absolute atomic E-state index is 12.9. The van der Waals surface area contributed by atoms with Crippen LogP contribution in [0.25, 0.3) is 0 Å². The lowest BCUT2D eigenvalue weighted by atomic mass is 10.0. The molecule has 6 nitrogen and oxygen atoms in total. The molecule has 1 atom stereocenters. The quantitative estimate of drug-likeness (QED) is 0.367. The summed E-state index contributed by atoms with van der Waals surface area (Å²) in [6, 6.07) is -0.880. The highest BCUT2D eigenvalue weighted by molar-refractivity contribution is 5.85. The smallest absolute Gasteiger partial charge is 0.416 e. The maximum atomic E-state index is 12.9. The predicted molar refractivity (Wildman–Crippen MR) is 90.1 cm³/mol. The van der Waals surface area contributed by atoms with Crippen LogP contribution >= 0.6 is 0 Å². The molecule has 166 valence electrons. The normalized spacial score (nSPS) is 13.2. The summed E-state index contributed by atoms with van der Waals surface area (Å²) < 4.78 is 81.7. The Labute approximate surface area is 166 Å². The molecule has 1 amide bonds. The molecule has 1 rings (SSSR count). The number of ether oxygens (including phenoxy) is 1. The molecular formula is C18H17F6NO5. The second kappa shape index (κ2) is 10.1. The fourth-order valence-corrected chi connectivity index (χ4v) is 2.26. The number of carbonyl (C=O) groups excluding carboxylic acids is 2. The summed E-state index contributed by atoms with van der Waals surface area (Å²) in [4.78, 5) is 34.3. The molecule has 2 N–H and O–H groups in total. The van der Waals surface area contributed by atoms with E-state index in [9.17, 15) is 40.7 Å². The van der Waals surface area contributed by atoms with E-state index in [4.69, 9.17) is 5.11 Å². The van der Waals surface area contributed by atoms with Crippen LogP contribution in [0.2, 0.25) is 0 Å². The van der Waals surface area contributed by atoms with E-state index in [1.807, 2.05) is 5.32 Å². The molecular weight excluding hydrogens is 424 g/mol. The summed E-state index contributed by atoms with van der Waals surface area (Å²) in [5.74, 6) is -3.38. The van der Waals surface area contributed by atoms with Crippen LogP contribution < -0.4 is 5.32 Å². The number of carboxylic acid groups (broad SMARTS) is 1. The van der Waals surface area contributed by atoms with E-state index in [2.05, 4.69) is 4.74 Å². The molecule has 30 heavy (non-hydrogen) atoms. The monoisotopic (exact) mass is 441 g/mol. The first-order valence-corrected chi connectivity index (χ1v) is 8.37. The lowest BCUT2D eigenvalue weighted by molar-refractivity contribution is -0.143. The summed E-state index contributed by atoms with van der Waals surface area (Å²) in [6.45, 7) is 1.63.